The minimum absolute atomic E-state index is 0.0385. The van der Waals surface area contributed by atoms with Gasteiger partial charge in [-0.15, -0.1) is 0 Å². The van der Waals surface area contributed by atoms with Crippen molar-refractivity contribution in [2.75, 3.05) is 13.1 Å². The van der Waals surface area contributed by atoms with E-state index >= 15 is 0 Å². The molecular weight excluding hydrogens is 298 g/mol. The lowest BCUT2D eigenvalue weighted by molar-refractivity contribution is 0.00907. The highest BCUT2D eigenvalue weighted by Gasteiger charge is 2.39. The van der Waals surface area contributed by atoms with Gasteiger partial charge in [-0.25, -0.2) is 0 Å². The molecule has 0 bridgehead atoms. The molecule has 0 radical (unpaired) electrons. The summed E-state index contributed by atoms with van der Waals surface area (Å²) in [5.74, 6) is 0.886. The molecule has 0 unspecified atom stereocenters. The third-order valence-electron chi connectivity index (χ3n) is 5.20. The van der Waals surface area contributed by atoms with Crippen LogP contribution in [0.2, 0.25) is 0 Å². The molecule has 2 fully saturated rings. The summed E-state index contributed by atoms with van der Waals surface area (Å²) in [6.45, 7) is 3.33. The molecule has 1 aliphatic heterocycles. The molecule has 1 saturated heterocycles. The van der Waals surface area contributed by atoms with Crippen molar-refractivity contribution < 1.29 is 19.5 Å². The Labute approximate surface area is 135 Å². The Morgan fingerprint density at radius 3 is 2.70 bits per heavy atom. The molecule has 23 heavy (non-hydrogen) atoms. The van der Waals surface area contributed by atoms with E-state index < -0.39 is 0 Å². The summed E-state index contributed by atoms with van der Waals surface area (Å²) in [5.41, 5.74) is 0.615. The predicted molar refractivity (Wildman–Crippen MR) is 82.7 cm³/mol. The lowest BCUT2D eigenvalue weighted by Gasteiger charge is -2.43. The van der Waals surface area contributed by atoms with E-state index in [0.717, 1.165) is 38.8 Å². The zero-order valence-corrected chi connectivity index (χ0v) is 13.4. The molecule has 1 aliphatic carbocycles. The summed E-state index contributed by atoms with van der Waals surface area (Å²) in [4.78, 5) is 12.6. The molecule has 7 heteroatoms. The molecule has 0 spiro atoms. The Kier molecular flexibility index (Phi) is 4.99. The van der Waals surface area contributed by atoms with Crippen LogP contribution in [0.5, 0.6) is 0 Å². The highest BCUT2D eigenvalue weighted by Crippen LogP contribution is 2.36. The molecule has 4 N–H and O–H groups in total. The van der Waals surface area contributed by atoms with Gasteiger partial charge in [-0.2, -0.15) is 0 Å². The van der Waals surface area contributed by atoms with Gasteiger partial charge in [0.15, 0.2) is 5.69 Å². The van der Waals surface area contributed by atoms with E-state index in [1.165, 1.54) is 0 Å². The van der Waals surface area contributed by atoms with Gasteiger partial charge in [0.1, 0.15) is 5.76 Å². The van der Waals surface area contributed by atoms with E-state index in [4.69, 9.17) is 4.52 Å². The number of hydrogen-bond acceptors (Lipinski definition) is 6. The van der Waals surface area contributed by atoms with Gasteiger partial charge in [0, 0.05) is 6.04 Å². The first-order valence-electron chi connectivity index (χ1n) is 8.35. The summed E-state index contributed by atoms with van der Waals surface area (Å²) < 4.78 is 5.03. The molecule has 1 atom stereocenters. The third kappa shape index (κ3) is 3.41. The molecule has 1 aromatic heterocycles. The quantitative estimate of drug-likeness (QED) is 0.622. The molecule has 0 aromatic carbocycles. The third-order valence-corrected chi connectivity index (χ3v) is 5.20. The van der Waals surface area contributed by atoms with Crippen LogP contribution >= 0.6 is 0 Å². The van der Waals surface area contributed by atoms with E-state index in [9.17, 15) is 15.0 Å². The van der Waals surface area contributed by atoms with Crippen LogP contribution < -0.4 is 10.6 Å². The highest BCUT2D eigenvalue weighted by atomic mass is 16.5. The van der Waals surface area contributed by atoms with Gasteiger partial charge in [-0.05, 0) is 57.5 Å². The van der Waals surface area contributed by atoms with Crippen molar-refractivity contribution >= 4 is 5.91 Å². The summed E-state index contributed by atoms with van der Waals surface area (Å²) >= 11 is 0. The Morgan fingerprint density at radius 2 is 2.09 bits per heavy atom. The SMILES string of the molecule is Cc1onc(C(=O)N[C@H](C2CCNCC2)C2CC(O)C2)c1CO. The van der Waals surface area contributed by atoms with Crippen molar-refractivity contribution in [3.05, 3.63) is 17.0 Å². The molecule has 3 rings (SSSR count). The normalized spacial score (nSPS) is 26.6. The van der Waals surface area contributed by atoms with E-state index in [-0.39, 0.29) is 30.4 Å². The number of carbonyl (C=O) groups excluding carboxylic acids is 1. The first kappa shape index (κ1) is 16.4. The summed E-state index contributed by atoms with van der Waals surface area (Å²) in [5, 5.41) is 29.3. The minimum Gasteiger partial charge on any atom is -0.393 e. The van der Waals surface area contributed by atoms with Crippen molar-refractivity contribution in [2.45, 2.75) is 51.4 Å². The second kappa shape index (κ2) is 6.98. The molecule has 1 saturated carbocycles. The fourth-order valence-electron chi connectivity index (χ4n) is 3.72. The molecule has 2 heterocycles. The smallest absolute Gasteiger partial charge is 0.274 e. The fraction of sp³-hybridized carbons (Fsp3) is 0.750. The fourth-order valence-corrected chi connectivity index (χ4v) is 3.72. The molecule has 1 aromatic rings. The molecule has 128 valence electrons. The predicted octanol–water partition coefficient (Wildman–Crippen LogP) is 0.344. The van der Waals surface area contributed by atoms with Crippen molar-refractivity contribution in [2.24, 2.45) is 11.8 Å². The maximum absolute atomic E-state index is 12.6. The van der Waals surface area contributed by atoms with Crippen molar-refractivity contribution in [1.29, 1.82) is 0 Å². The second-order valence-electron chi connectivity index (χ2n) is 6.70. The van der Waals surface area contributed by atoms with Crippen LogP contribution in [0.3, 0.4) is 0 Å². The highest BCUT2D eigenvalue weighted by molar-refractivity contribution is 5.94. The van der Waals surface area contributed by atoms with Crippen molar-refractivity contribution in [1.82, 2.24) is 15.8 Å². The molecule has 7 nitrogen and oxygen atoms in total. The van der Waals surface area contributed by atoms with E-state index in [0.29, 0.717) is 23.2 Å². The van der Waals surface area contributed by atoms with Crippen molar-refractivity contribution in [3.63, 3.8) is 0 Å². The van der Waals surface area contributed by atoms with Crippen LogP contribution in [0, 0.1) is 18.8 Å². The Hall–Kier alpha value is -1.44. The number of piperidine rings is 1. The van der Waals surface area contributed by atoms with Gasteiger partial charge in [0.05, 0.1) is 18.3 Å². The van der Waals surface area contributed by atoms with Crippen LogP contribution in [0.25, 0.3) is 0 Å². The monoisotopic (exact) mass is 323 g/mol. The molecule has 2 aliphatic rings. The number of aromatic nitrogens is 1. The van der Waals surface area contributed by atoms with Crippen LogP contribution in [0.15, 0.2) is 4.52 Å². The number of hydrogen-bond donors (Lipinski definition) is 4. The summed E-state index contributed by atoms with van der Waals surface area (Å²) in [6.07, 6.45) is 3.26. The van der Waals surface area contributed by atoms with Gasteiger partial charge in [0.25, 0.3) is 5.91 Å². The first-order valence-corrected chi connectivity index (χ1v) is 8.35. The van der Waals surface area contributed by atoms with Crippen LogP contribution in [0.1, 0.15) is 47.5 Å². The van der Waals surface area contributed by atoms with E-state index in [2.05, 4.69) is 15.8 Å². The lowest BCUT2D eigenvalue weighted by Crippen LogP contribution is -2.53. The number of rotatable bonds is 5. The average molecular weight is 323 g/mol. The number of nitrogens with one attached hydrogen (secondary N) is 2. The number of aryl methyl sites for hydroxylation is 1. The number of carbonyl (C=O) groups is 1. The number of aliphatic hydroxyl groups is 2. The Morgan fingerprint density at radius 1 is 1.39 bits per heavy atom. The van der Waals surface area contributed by atoms with Gasteiger partial charge in [-0.3, -0.25) is 4.79 Å². The largest absolute Gasteiger partial charge is 0.393 e. The van der Waals surface area contributed by atoms with Crippen LogP contribution in [-0.2, 0) is 6.61 Å². The average Bonchev–Trinajstić information content (AvgIpc) is 2.91. The molecular formula is C16H25N3O4. The zero-order chi connectivity index (χ0) is 16.4. The van der Waals surface area contributed by atoms with Gasteiger partial charge < -0.3 is 25.4 Å². The number of amides is 1. The topological polar surface area (TPSA) is 108 Å². The number of aliphatic hydroxyl groups excluding tert-OH is 2. The van der Waals surface area contributed by atoms with Crippen LogP contribution in [0.4, 0.5) is 0 Å². The number of nitrogens with zero attached hydrogens (tertiary/aromatic N) is 1. The first-order chi connectivity index (χ1) is 11.1. The van der Waals surface area contributed by atoms with E-state index in [1.807, 2.05) is 0 Å². The maximum atomic E-state index is 12.6. The maximum Gasteiger partial charge on any atom is 0.274 e. The van der Waals surface area contributed by atoms with Crippen molar-refractivity contribution in [3.8, 4) is 0 Å². The molecule has 1 amide bonds. The summed E-state index contributed by atoms with van der Waals surface area (Å²) in [6, 6.07) is 0.0385. The van der Waals surface area contributed by atoms with Crippen LogP contribution in [-0.4, -0.2) is 46.5 Å². The zero-order valence-electron chi connectivity index (χ0n) is 13.4. The van der Waals surface area contributed by atoms with E-state index in [1.54, 1.807) is 6.92 Å². The van der Waals surface area contributed by atoms with Gasteiger partial charge >= 0.3 is 0 Å². The van der Waals surface area contributed by atoms with Gasteiger partial charge in [0.2, 0.25) is 0 Å². The second-order valence-corrected chi connectivity index (χ2v) is 6.70. The summed E-state index contributed by atoms with van der Waals surface area (Å²) in [7, 11) is 0. The Bertz CT molecular complexity index is 548. The lowest BCUT2D eigenvalue weighted by atomic mass is 9.71. The minimum atomic E-state index is -0.296. The van der Waals surface area contributed by atoms with Gasteiger partial charge in [-0.1, -0.05) is 5.16 Å². The Balaban J connectivity index is 1.73. The standard InChI is InChI=1S/C16H25N3O4/c1-9-13(8-20)15(19-23-9)16(22)18-14(11-6-12(21)7-11)10-2-4-17-5-3-10/h10-12,14,17,20-21H,2-8H2,1H3,(H,18,22)/t11?,12?,14-/m1/s1.